The largest absolute Gasteiger partial charge is 0.0985 e. The van der Waals surface area contributed by atoms with E-state index < -0.39 is 0 Å². The average molecular weight is 148 g/mol. The minimum absolute atomic E-state index is 1.27. The summed E-state index contributed by atoms with van der Waals surface area (Å²) < 4.78 is 0. The highest BCUT2D eigenvalue weighted by Gasteiger charge is 2.05. The normalized spacial score (nSPS) is 18.6. The second-order valence-electron chi connectivity index (χ2n) is 3.00. The maximum Gasteiger partial charge on any atom is -0.0306 e. The summed E-state index contributed by atoms with van der Waals surface area (Å²) in [6.45, 7) is 5.82. The summed E-state index contributed by atoms with van der Waals surface area (Å²) >= 11 is 0. The van der Waals surface area contributed by atoms with Crippen LogP contribution in [0.3, 0.4) is 0 Å². The summed E-state index contributed by atoms with van der Waals surface area (Å²) in [5.74, 6) is 0. The van der Waals surface area contributed by atoms with E-state index in [4.69, 9.17) is 0 Å². The first-order valence-electron chi connectivity index (χ1n) is 4.35. The van der Waals surface area contributed by atoms with E-state index in [1.165, 1.54) is 31.3 Å². The lowest BCUT2D eigenvalue weighted by atomic mass is 10.1. The van der Waals surface area contributed by atoms with Gasteiger partial charge in [0.25, 0.3) is 0 Å². The Hall–Kier alpha value is -0.780. The lowest BCUT2D eigenvalue weighted by Gasteiger charge is -1.95. The molecule has 1 rings (SSSR count). The number of allylic oxidation sites excluding steroid dienone is 5. The van der Waals surface area contributed by atoms with Gasteiger partial charge in [-0.15, -0.1) is 0 Å². The minimum atomic E-state index is 1.27. The van der Waals surface area contributed by atoms with E-state index in [-0.39, 0.29) is 0 Å². The molecule has 0 heteroatoms. The number of rotatable bonds is 2. The first kappa shape index (κ1) is 8.32. The maximum atomic E-state index is 3.76. The third kappa shape index (κ3) is 2.38. The summed E-state index contributed by atoms with van der Waals surface area (Å²) in [5.41, 5.74) is 2.86. The van der Waals surface area contributed by atoms with E-state index in [0.29, 0.717) is 0 Å². The second kappa shape index (κ2) is 4.17. The van der Waals surface area contributed by atoms with Gasteiger partial charge in [0.2, 0.25) is 0 Å². The first-order chi connectivity index (χ1) is 5.36. The summed E-state index contributed by atoms with van der Waals surface area (Å²) in [5, 5.41) is 0. The van der Waals surface area contributed by atoms with Crippen LogP contribution in [0.1, 0.15) is 32.6 Å². The van der Waals surface area contributed by atoms with Gasteiger partial charge in [0.15, 0.2) is 0 Å². The summed E-state index contributed by atoms with van der Waals surface area (Å²) in [4.78, 5) is 0. The molecule has 0 spiro atoms. The van der Waals surface area contributed by atoms with Crippen LogP contribution in [0.2, 0.25) is 0 Å². The Labute approximate surface area is 69.3 Å². The Bertz CT molecular complexity index is 186. The summed E-state index contributed by atoms with van der Waals surface area (Å²) in [6, 6.07) is 0. The molecule has 11 heavy (non-hydrogen) atoms. The average Bonchev–Trinajstić information content (AvgIpc) is 2.52. The van der Waals surface area contributed by atoms with Crippen LogP contribution < -0.4 is 0 Å². The predicted octanol–water partition coefficient (Wildman–Crippen LogP) is 3.62. The zero-order valence-electron chi connectivity index (χ0n) is 7.27. The van der Waals surface area contributed by atoms with Crippen molar-refractivity contribution in [1.82, 2.24) is 0 Å². The molecule has 0 radical (unpaired) electrons. The van der Waals surface area contributed by atoms with Crippen molar-refractivity contribution in [2.24, 2.45) is 0 Å². The molecule has 0 saturated heterocycles. The molecule has 0 aliphatic heterocycles. The quantitative estimate of drug-likeness (QED) is 0.525. The van der Waals surface area contributed by atoms with Crippen molar-refractivity contribution in [3.63, 3.8) is 0 Å². The van der Waals surface area contributed by atoms with Gasteiger partial charge < -0.3 is 0 Å². The Morgan fingerprint density at radius 3 is 2.45 bits per heavy atom. The van der Waals surface area contributed by atoms with Crippen LogP contribution in [0.4, 0.5) is 0 Å². The number of hydrogen-bond donors (Lipinski definition) is 0. The van der Waals surface area contributed by atoms with E-state index in [2.05, 4.69) is 25.7 Å². The standard InChI is InChI=1S/C11H16/c1-3-10(4-2)9-11-7-5-6-8-11/h3-4,9H,1,5-8H2,2H3/b10-4+. The van der Waals surface area contributed by atoms with E-state index in [1.54, 1.807) is 5.57 Å². The van der Waals surface area contributed by atoms with Crippen molar-refractivity contribution in [3.05, 3.63) is 36.0 Å². The zero-order valence-corrected chi connectivity index (χ0v) is 7.27. The molecule has 0 aromatic carbocycles. The lowest BCUT2D eigenvalue weighted by Crippen LogP contribution is -1.75. The second-order valence-corrected chi connectivity index (χ2v) is 3.00. The molecular weight excluding hydrogens is 132 g/mol. The van der Waals surface area contributed by atoms with Gasteiger partial charge in [-0.3, -0.25) is 0 Å². The molecule has 0 atom stereocenters. The third-order valence-corrected chi connectivity index (χ3v) is 2.19. The zero-order chi connectivity index (χ0) is 8.10. The van der Waals surface area contributed by atoms with E-state index >= 15 is 0 Å². The van der Waals surface area contributed by atoms with Gasteiger partial charge in [-0.1, -0.05) is 30.4 Å². The lowest BCUT2D eigenvalue weighted by molar-refractivity contribution is 0.886. The fraction of sp³-hybridized carbons (Fsp3) is 0.455. The number of hydrogen-bond acceptors (Lipinski definition) is 0. The van der Waals surface area contributed by atoms with Gasteiger partial charge in [-0.05, 0) is 38.2 Å². The molecule has 0 amide bonds. The molecule has 0 heterocycles. The van der Waals surface area contributed by atoms with Gasteiger partial charge >= 0.3 is 0 Å². The van der Waals surface area contributed by atoms with Gasteiger partial charge in [0.05, 0.1) is 0 Å². The Kier molecular flexibility index (Phi) is 3.15. The molecule has 0 aromatic heterocycles. The van der Waals surface area contributed by atoms with Crippen LogP contribution >= 0.6 is 0 Å². The van der Waals surface area contributed by atoms with Crippen molar-refractivity contribution in [1.29, 1.82) is 0 Å². The fourth-order valence-corrected chi connectivity index (χ4v) is 1.47. The van der Waals surface area contributed by atoms with Crippen molar-refractivity contribution in [2.45, 2.75) is 32.6 Å². The Balaban J connectivity index is 2.61. The van der Waals surface area contributed by atoms with Crippen LogP contribution in [0.15, 0.2) is 36.0 Å². The Morgan fingerprint density at radius 2 is 2.00 bits per heavy atom. The minimum Gasteiger partial charge on any atom is -0.0985 e. The monoisotopic (exact) mass is 148 g/mol. The van der Waals surface area contributed by atoms with Crippen molar-refractivity contribution in [3.8, 4) is 0 Å². The van der Waals surface area contributed by atoms with E-state index in [1.807, 2.05) is 6.08 Å². The van der Waals surface area contributed by atoms with Crippen LogP contribution in [-0.2, 0) is 0 Å². The molecule has 1 aliphatic rings. The molecule has 0 unspecified atom stereocenters. The molecule has 1 aliphatic carbocycles. The van der Waals surface area contributed by atoms with Crippen molar-refractivity contribution >= 4 is 0 Å². The summed E-state index contributed by atoms with van der Waals surface area (Å²) in [7, 11) is 0. The van der Waals surface area contributed by atoms with Crippen LogP contribution in [0.25, 0.3) is 0 Å². The highest BCUT2D eigenvalue weighted by molar-refractivity contribution is 5.32. The van der Waals surface area contributed by atoms with Gasteiger partial charge in [-0.25, -0.2) is 0 Å². The van der Waals surface area contributed by atoms with Gasteiger partial charge in [0, 0.05) is 0 Å². The maximum absolute atomic E-state index is 3.76. The van der Waals surface area contributed by atoms with Crippen LogP contribution in [0.5, 0.6) is 0 Å². The molecule has 0 nitrogen and oxygen atoms in total. The van der Waals surface area contributed by atoms with Crippen LogP contribution in [-0.4, -0.2) is 0 Å². The SMILES string of the molecule is C=C/C(C=C1CCCC1)=C\C. The fourth-order valence-electron chi connectivity index (χ4n) is 1.47. The molecule has 0 N–H and O–H groups in total. The molecule has 0 aromatic rings. The molecule has 1 fully saturated rings. The summed E-state index contributed by atoms with van der Waals surface area (Å²) in [6.07, 6.45) is 11.7. The Morgan fingerprint density at radius 1 is 1.36 bits per heavy atom. The third-order valence-electron chi connectivity index (χ3n) is 2.19. The van der Waals surface area contributed by atoms with E-state index in [9.17, 15) is 0 Å². The first-order valence-corrected chi connectivity index (χ1v) is 4.35. The van der Waals surface area contributed by atoms with Gasteiger partial charge in [-0.2, -0.15) is 0 Å². The molecule has 1 saturated carbocycles. The molecular formula is C11H16. The topological polar surface area (TPSA) is 0 Å². The van der Waals surface area contributed by atoms with Crippen LogP contribution in [0, 0.1) is 0 Å². The highest BCUT2D eigenvalue weighted by atomic mass is 14.1. The molecule has 0 bridgehead atoms. The van der Waals surface area contributed by atoms with E-state index in [0.717, 1.165) is 0 Å². The smallest absolute Gasteiger partial charge is 0.0306 e. The van der Waals surface area contributed by atoms with Crippen molar-refractivity contribution in [2.75, 3.05) is 0 Å². The van der Waals surface area contributed by atoms with Crippen molar-refractivity contribution < 1.29 is 0 Å². The predicted molar refractivity (Wildman–Crippen MR) is 50.5 cm³/mol. The highest BCUT2D eigenvalue weighted by Crippen LogP contribution is 2.24. The molecule has 60 valence electrons. The van der Waals surface area contributed by atoms with Gasteiger partial charge in [0.1, 0.15) is 0 Å².